The summed E-state index contributed by atoms with van der Waals surface area (Å²) < 4.78 is 0. The molecule has 2 atom stereocenters. The lowest BCUT2D eigenvalue weighted by Gasteiger charge is -2.35. The van der Waals surface area contributed by atoms with Gasteiger partial charge >= 0.3 is 5.97 Å². The number of hydrogen-bond acceptors (Lipinski definition) is 2. The molecule has 0 heterocycles. The summed E-state index contributed by atoms with van der Waals surface area (Å²) in [6.45, 7) is 8.95. The maximum Gasteiger partial charge on any atom is 0.317 e. The summed E-state index contributed by atoms with van der Waals surface area (Å²) in [6.07, 6.45) is 22.9. The first-order valence-corrected chi connectivity index (χ1v) is 11.4. The first-order valence-electron chi connectivity index (χ1n) is 11.4. The number of rotatable bonds is 18. The number of carboxylic acids is 1. The Bertz CT molecular complexity index is 373. The van der Waals surface area contributed by atoms with Crippen molar-refractivity contribution in [2.24, 2.45) is 0 Å². The fourth-order valence-electron chi connectivity index (χ4n) is 3.55. The maximum absolute atomic E-state index is 11.5. The van der Waals surface area contributed by atoms with E-state index in [2.05, 4.69) is 56.9 Å². The quantitative estimate of drug-likeness (QED) is 0.206. The van der Waals surface area contributed by atoms with Crippen LogP contribution in [0, 0.1) is 0 Å². The predicted molar refractivity (Wildman–Crippen MR) is 118 cm³/mol. The molecule has 0 rings (SSSR count). The third-order valence-corrected chi connectivity index (χ3v) is 5.30. The Morgan fingerprint density at radius 3 is 1.56 bits per heavy atom. The van der Waals surface area contributed by atoms with Crippen LogP contribution >= 0.6 is 0 Å². The molecule has 0 bridgehead atoms. The van der Waals surface area contributed by atoms with Crippen LogP contribution in [0.25, 0.3) is 0 Å². The van der Waals surface area contributed by atoms with Crippen LogP contribution in [0.3, 0.4) is 0 Å². The van der Waals surface area contributed by atoms with Crippen molar-refractivity contribution in [1.29, 1.82) is 0 Å². The lowest BCUT2D eigenvalue weighted by atomic mass is 10.0. The van der Waals surface area contributed by atoms with E-state index >= 15 is 0 Å². The van der Waals surface area contributed by atoms with Crippen molar-refractivity contribution >= 4 is 5.97 Å². The van der Waals surface area contributed by atoms with E-state index in [1.807, 2.05) is 0 Å². The zero-order valence-electron chi connectivity index (χ0n) is 18.5. The van der Waals surface area contributed by atoms with E-state index in [-0.39, 0.29) is 6.54 Å². The monoisotopic (exact) mass is 379 g/mol. The minimum atomic E-state index is -0.717. The highest BCUT2D eigenvalue weighted by atomic mass is 16.4. The van der Waals surface area contributed by atoms with Gasteiger partial charge in [-0.2, -0.15) is 0 Å². The Morgan fingerprint density at radius 1 is 0.778 bits per heavy atom. The second-order valence-electron chi connectivity index (χ2n) is 7.60. The molecule has 0 aliphatic rings. The molecule has 0 saturated carbocycles. The Kier molecular flexibility index (Phi) is 17.5. The third-order valence-electron chi connectivity index (χ3n) is 5.30. The van der Waals surface area contributed by atoms with Gasteiger partial charge in [-0.15, -0.1) is 0 Å². The molecule has 3 nitrogen and oxygen atoms in total. The van der Waals surface area contributed by atoms with Gasteiger partial charge in [-0.3, -0.25) is 9.69 Å². The van der Waals surface area contributed by atoms with Crippen molar-refractivity contribution in [3.05, 3.63) is 24.3 Å². The summed E-state index contributed by atoms with van der Waals surface area (Å²) in [5.74, 6) is -0.717. The van der Waals surface area contributed by atoms with Crippen molar-refractivity contribution in [3.63, 3.8) is 0 Å². The van der Waals surface area contributed by atoms with E-state index in [1.165, 1.54) is 38.5 Å². The maximum atomic E-state index is 11.5. The van der Waals surface area contributed by atoms with Crippen LogP contribution in [-0.2, 0) is 4.79 Å². The molecule has 0 amide bonds. The average Bonchev–Trinajstić information content (AvgIpc) is 2.65. The van der Waals surface area contributed by atoms with E-state index < -0.39 is 5.97 Å². The molecule has 0 fully saturated rings. The van der Waals surface area contributed by atoms with E-state index in [0.29, 0.717) is 12.1 Å². The van der Waals surface area contributed by atoms with Gasteiger partial charge in [0.05, 0.1) is 6.54 Å². The SMILES string of the molecule is CCCCC/C=C/CC(CC)N(CC(=O)O)C(CC)C/C=C/CCCCC. The second kappa shape index (κ2) is 18.3. The normalized spacial score (nSPS) is 14.4. The Balaban J connectivity index is 4.76. The smallest absolute Gasteiger partial charge is 0.317 e. The minimum absolute atomic E-state index is 0.143. The molecule has 0 aromatic heterocycles. The number of aliphatic carboxylic acids is 1. The summed E-state index contributed by atoms with van der Waals surface area (Å²) in [7, 11) is 0. The molecule has 0 radical (unpaired) electrons. The predicted octanol–water partition coefficient (Wildman–Crippen LogP) is 6.98. The van der Waals surface area contributed by atoms with Crippen molar-refractivity contribution in [3.8, 4) is 0 Å². The largest absolute Gasteiger partial charge is 0.480 e. The van der Waals surface area contributed by atoms with Crippen LogP contribution in [0.5, 0.6) is 0 Å². The van der Waals surface area contributed by atoms with Gasteiger partial charge in [0.2, 0.25) is 0 Å². The molecule has 1 N–H and O–H groups in total. The molecule has 0 saturated heterocycles. The molecule has 27 heavy (non-hydrogen) atoms. The Hall–Kier alpha value is -1.09. The molecular formula is C24H45NO2. The second-order valence-corrected chi connectivity index (χ2v) is 7.60. The summed E-state index contributed by atoms with van der Waals surface area (Å²) in [5.41, 5.74) is 0. The Morgan fingerprint density at radius 2 is 1.22 bits per heavy atom. The first-order chi connectivity index (χ1) is 13.1. The molecule has 158 valence electrons. The molecule has 0 spiro atoms. The van der Waals surface area contributed by atoms with Crippen molar-refractivity contribution in [1.82, 2.24) is 4.90 Å². The van der Waals surface area contributed by atoms with E-state index in [9.17, 15) is 9.90 Å². The molecule has 0 aromatic carbocycles. The van der Waals surface area contributed by atoms with Gasteiger partial charge in [0, 0.05) is 12.1 Å². The number of carboxylic acid groups (broad SMARTS) is 1. The lowest BCUT2D eigenvalue weighted by Crippen LogP contribution is -2.45. The van der Waals surface area contributed by atoms with Gasteiger partial charge in [-0.25, -0.2) is 0 Å². The summed E-state index contributed by atoms with van der Waals surface area (Å²) in [6, 6.07) is 0.615. The number of nitrogens with zero attached hydrogens (tertiary/aromatic N) is 1. The Labute approximate surface area is 168 Å². The van der Waals surface area contributed by atoms with Gasteiger partial charge in [-0.1, -0.05) is 77.7 Å². The summed E-state index contributed by atoms with van der Waals surface area (Å²) >= 11 is 0. The lowest BCUT2D eigenvalue weighted by molar-refractivity contribution is -0.139. The van der Waals surface area contributed by atoms with Crippen LogP contribution in [0.1, 0.15) is 105 Å². The summed E-state index contributed by atoms with van der Waals surface area (Å²) in [5, 5.41) is 9.43. The third kappa shape index (κ3) is 13.7. The number of hydrogen-bond donors (Lipinski definition) is 1. The topological polar surface area (TPSA) is 40.5 Å². The highest BCUT2D eigenvalue weighted by Gasteiger charge is 2.24. The van der Waals surface area contributed by atoms with Crippen LogP contribution in [0.15, 0.2) is 24.3 Å². The van der Waals surface area contributed by atoms with Crippen LogP contribution in [0.4, 0.5) is 0 Å². The van der Waals surface area contributed by atoms with Crippen molar-refractivity contribution in [2.45, 2.75) is 117 Å². The highest BCUT2D eigenvalue weighted by Crippen LogP contribution is 2.19. The fourth-order valence-corrected chi connectivity index (χ4v) is 3.55. The van der Waals surface area contributed by atoms with Gasteiger partial charge in [-0.05, 0) is 51.4 Å². The molecular weight excluding hydrogens is 334 g/mol. The summed E-state index contributed by atoms with van der Waals surface area (Å²) in [4.78, 5) is 13.7. The van der Waals surface area contributed by atoms with E-state index in [1.54, 1.807) is 0 Å². The zero-order valence-corrected chi connectivity index (χ0v) is 18.5. The van der Waals surface area contributed by atoms with E-state index in [4.69, 9.17) is 0 Å². The van der Waals surface area contributed by atoms with Crippen LogP contribution < -0.4 is 0 Å². The van der Waals surface area contributed by atoms with Gasteiger partial charge in [0.15, 0.2) is 0 Å². The number of unbranched alkanes of at least 4 members (excludes halogenated alkanes) is 6. The number of carbonyl (C=O) groups is 1. The highest BCUT2D eigenvalue weighted by molar-refractivity contribution is 5.69. The van der Waals surface area contributed by atoms with Gasteiger partial charge in [0.1, 0.15) is 0 Å². The molecule has 2 unspecified atom stereocenters. The minimum Gasteiger partial charge on any atom is -0.480 e. The fraction of sp³-hybridized carbons (Fsp3) is 0.792. The molecule has 0 aromatic rings. The molecule has 3 heteroatoms. The first kappa shape index (κ1) is 25.9. The van der Waals surface area contributed by atoms with Gasteiger partial charge in [0.25, 0.3) is 0 Å². The zero-order chi connectivity index (χ0) is 20.3. The average molecular weight is 380 g/mol. The molecule has 0 aliphatic carbocycles. The van der Waals surface area contributed by atoms with Crippen LogP contribution in [-0.4, -0.2) is 34.6 Å². The molecule has 0 aliphatic heterocycles. The van der Waals surface area contributed by atoms with E-state index in [0.717, 1.165) is 38.5 Å². The van der Waals surface area contributed by atoms with Gasteiger partial charge < -0.3 is 5.11 Å². The van der Waals surface area contributed by atoms with Crippen molar-refractivity contribution < 1.29 is 9.90 Å². The standard InChI is InChI=1S/C24H45NO2/c1-5-9-11-13-15-17-19-22(7-3)25(21-24(26)27)23(8-4)20-18-16-14-12-10-6-2/h15-18,22-23H,5-14,19-21H2,1-4H3,(H,26,27)/b17-15+,18-16+. The van der Waals surface area contributed by atoms with Crippen molar-refractivity contribution in [2.75, 3.05) is 6.54 Å². The number of allylic oxidation sites excluding steroid dienone is 2. The van der Waals surface area contributed by atoms with Crippen LogP contribution in [0.2, 0.25) is 0 Å².